The molecule has 0 bridgehead atoms. The molecule has 0 saturated carbocycles. The van der Waals surface area contributed by atoms with Gasteiger partial charge in [-0.3, -0.25) is 4.68 Å². The summed E-state index contributed by atoms with van der Waals surface area (Å²) in [5, 5.41) is 5.07. The number of halogens is 1. The van der Waals surface area contributed by atoms with E-state index in [-0.39, 0.29) is 0 Å². The highest BCUT2D eigenvalue weighted by Crippen LogP contribution is 2.24. The molecule has 1 aromatic rings. The second kappa shape index (κ2) is 5.69. The van der Waals surface area contributed by atoms with E-state index in [0.717, 1.165) is 29.3 Å². The molecule has 0 amide bonds. The summed E-state index contributed by atoms with van der Waals surface area (Å²) >= 11 is 6.21. The average molecular weight is 244 g/mol. The van der Waals surface area contributed by atoms with Crippen LogP contribution in [0.4, 0.5) is 0 Å². The number of aromatic nitrogens is 2. The first-order chi connectivity index (χ1) is 7.45. The Kier molecular flexibility index (Phi) is 4.81. The summed E-state index contributed by atoms with van der Waals surface area (Å²) in [6, 6.07) is 0. The van der Waals surface area contributed by atoms with E-state index in [4.69, 9.17) is 17.3 Å². The van der Waals surface area contributed by atoms with Crippen molar-refractivity contribution >= 4 is 11.6 Å². The van der Waals surface area contributed by atoms with Gasteiger partial charge in [0, 0.05) is 12.6 Å². The Balaban J connectivity index is 2.77. The van der Waals surface area contributed by atoms with Gasteiger partial charge in [0.15, 0.2) is 0 Å². The molecule has 0 aliphatic heterocycles. The van der Waals surface area contributed by atoms with Crippen molar-refractivity contribution in [3.63, 3.8) is 0 Å². The summed E-state index contributed by atoms with van der Waals surface area (Å²) < 4.78 is 1.73. The molecule has 1 rings (SSSR count). The summed E-state index contributed by atoms with van der Waals surface area (Å²) in [6.07, 6.45) is 2.08. The van der Waals surface area contributed by atoms with Crippen LogP contribution in [0.1, 0.15) is 31.5 Å². The van der Waals surface area contributed by atoms with E-state index in [1.54, 1.807) is 4.68 Å². The molecule has 92 valence electrons. The Bertz CT molecular complexity index is 344. The third kappa shape index (κ3) is 3.22. The lowest BCUT2D eigenvalue weighted by Gasteiger charge is -2.16. The Morgan fingerprint density at radius 2 is 2.06 bits per heavy atom. The minimum Gasteiger partial charge on any atom is -0.330 e. The fourth-order valence-corrected chi connectivity index (χ4v) is 2.38. The summed E-state index contributed by atoms with van der Waals surface area (Å²) in [5.74, 6) is 1.17. The van der Waals surface area contributed by atoms with E-state index in [9.17, 15) is 0 Å². The summed E-state index contributed by atoms with van der Waals surface area (Å²) in [6.45, 7) is 7.16. The van der Waals surface area contributed by atoms with Crippen LogP contribution in [0.5, 0.6) is 0 Å². The van der Waals surface area contributed by atoms with Gasteiger partial charge in [0.1, 0.15) is 5.15 Å². The number of aryl methyl sites for hydroxylation is 2. The van der Waals surface area contributed by atoms with Crippen molar-refractivity contribution in [2.45, 2.75) is 33.6 Å². The van der Waals surface area contributed by atoms with Gasteiger partial charge >= 0.3 is 0 Å². The molecule has 2 N–H and O–H groups in total. The van der Waals surface area contributed by atoms with E-state index in [0.29, 0.717) is 18.4 Å². The van der Waals surface area contributed by atoms with Gasteiger partial charge in [0.25, 0.3) is 0 Å². The molecule has 0 aromatic carbocycles. The quantitative estimate of drug-likeness (QED) is 0.864. The van der Waals surface area contributed by atoms with Crippen LogP contribution in [0, 0.1) is 18.8 Å². The van der Waals surface area contributed by atoms with E-state index in [1.807, 2.05) is 14.0 Å². The van der Waals surface area contributed by atoms with E-state index < -0.39 is 0 Å². The zero-order valence-electron chi connectivity index (χ0n) is 10.6. The number of nitrogens with zero attached hydrogens (tertiary/aromatic N) is 2. The van der Waals surface area contributed by atoms with Crippen molar-refractivity contribution in [1.82, 2.24) is 9.78 Å². The van der Waals surface area contributed by atoms with Crippen LogP contribution in [0.25, 0.3) is 0 Å². The van der Waals surface area contributed by atoms with Gasteiger partial charge in [0.2, 0.25) is 0 Å². The molecule has 3 nitrogen and oxygen atoms in total. The fourth-order valence-electron chi connectivity index (χ4n) is 2.12. The van der Waals surface area contributed by atoms with Crippen LogP contribution < -0.4 is 5.73 Å². The Labute approximate surface area is 103 Å². The highest BCUT2D eigenvalue weighted by molar-refractivity contribution is 6.30. The zero-order chi connectivity index (χ0) is 12.3. The molecule has 0 radical (unpaired) electrons. The van der Waals surface area contributed by atoms with Gasteiger partial charge in [-0.1, -0.05) is 25.4 Å². The van der Waals surface area contributed by atoms with Crippen LogP contribution >= 0.6 is 11.6 Å². The third-order valence-electron chi connectivity index (χ3n) is 2.90. The summed E-state index contributed by atoms with van der Waals surface area (Å²) in [4.78, 5) is 0. The van der Waals surface area contributed by atoms with Crippen LogP contribution in [-0.2, 0) is 13.5 Å². The Morgan fingerprint density at radius 1 is 1.44 bits per heavy atom. The molecular weight excluding hydrogens is 222 g/mol. The van der Waals surface area contributed by atoms with Crippen LogP contribution in [-0.4, -0.2) is 16.3 Å². The van der Waals surface area contributed by atoms with Gasteiger partial charge in [0.05, 0.1) is 5.69 Å². The molecule has 1 unspecified atom stereocenters. The smallest absolute Gasteiger partial charge is 0.130 e. The maximum atomic E-state index is 6.21. The highest BCUT2D eigenvalue weighted by Gasteiger charge is 2.17. The number of rotatable bonds is 5. The minimum absolute atomic E-state index is 0.500. The average Bonchev–Trinajstić information content (AvgIpc) is 2.43. The Hall–Kier alpha value is -0.540. The second-order valence-electron chi connectivity index (χ2n) is 4.91. The normalized spacial score (nSPS) is 13.4. The van der Waals surface area contributed by atoms with Crippen molar-refractivity contribution in [2.24, 2.45) is 24.6 Å². The molecule has 1 heterocycles. The lowest BCUT2D eigenvalue weighted by Crippen LogP contribution is -2.19. The monoisotopic (exact) mass is 243 g/mol. The Morgan fingerprint density at radius 3 is 2.44 bits per heavy atom. The van der Waals surface area contributed by atoms with E-state index >= 15 is 0 Å². The van der Waals surface area contributed by atoms with Crippen LogP contribution in [0.3, 0.4) is 0 Å². The minimum atomic E-state index is 0.500. The first-order valence-electron chi connectivity index (χ1n) is 5.83. The molecule has 1 atom stereocenters. The van der Waals surface area contributed by atoms with Crippen molar-refractivity contribution in [1.29, 1.82) is 0 Å². The second-order valence-corrected chi connectivity index (χ2v) is 5.27. The molecule has 0 spiro atoms. The molecule has 1 aromatic heterocycles. The van der Waals surface area contributed by atoms with E-state index in [2.05, 4.69) is 18.9 Å². The fraction of sp³-hybridized carbons (Fsp3) is 0.750. The largest absolute Gasteiger partial charge is 0.330 e. The third-order valence-corrected chi connectivity index (χ3v) is 3.37. The van der Waals surface area contributed by atoms with Gasteiger partial charge in [-0.05, 0) is 38.1 Å². The first kappa shape index (κ1) is 13.5. The van der Waals surface area contributed by atoms with Gasteiger partial charge in [-0.15, -0.1) is 0 Å². The topological polar surface area (TPSA) is 43.8 Å². The molecular formula is C12H22ClN3. The summed E-state index contributed by atoms with van der Waals surface area (Å²) in [7, 11) is 1.87. The predicted molar refractivity (Wildman–Crippen MR) is 68.7 cm³/mol. The number of hydrogen-bond donors (Lipinski definition) is 1. The highest BCUT2D eigenvalue weighted by atomic mass is 35.5. The van der Waals surface area contributed by atoms with Gasteiger partial charge in [-0.2, -0.15) is 5.10 Å². The van der Waals surface area contributed by atoms with Crippen molar-refractivity contribution in [3.8, 4) is 0 Å². The van der Waals surface area contributed by atoms with Gasteiger partial charge in [-0.25, -0.2) is 0 Å². The number of hydrogen-bond acceptors (Lipinski definition) is 2. The molecule has 0 saturated heterocycles. The first-order valence-corrected chi connectivity index (χ1v) is 6.21. The lowest BCUT2D eigenvalue weighted by atomic mass is 9.91. The van der Waals surface area contributed by atoms with Crippen molar-refractivity contribution < 1.29 is 0 Å². The number of nitrogens with two attached hydrogens (primary N) is 1. The SMILES string of the molecule is Cc1nn(C)c(Cl)c1CC(CN)CC(C)C. The predicted octanol–water partition coefficient (Wildman–Crippen LogP) is 2.55. The standard InChI is InChI=1S/C12H22ClN3/c1-8(2)5-10(7-14)6-11-9(3)15-16(4)12(11)13/h8,10H,5-7,14H2,1-4H3. The van der Waals surface area contributed by atoms with Gasteiger partial charge < -0.3 is 5.73 Å². The maximum absolute atomic E-state index is 6.21. The molecule has 0 aliphatic rings. The zero-order valence-corrected chi connectivity index (χ0v) is 11.4. The molecule has 0 aliphatic carbocycles. The summed E-state index contributed by atoms with van der Waals surface area (Å²) in [5.41, 5.74) is 7.98. The molecule has 4 heteroatoms. The van der Waals surface area contributed by atoms with Crippen molar-refractivity contribution in [2.75, 3.05) is 6.54 Å². The lowest BCUT2D eigenvalue weighted by molar-refractivity contribution is 0.414. The van der Waals surface area contributed by atoms with Crippen molar-refractivity contribution in [3.05, 3.63) is 16.4 Å². The van der Waals surface area contributed by atoms with Crippen LogP contribution in [0.15, 0.2) is 0 Å². The molecule has 0 fully saturated rings. The molecule has 16 heavy (non-hydrogen) atoms. The van der Waals surface area contributed by atoms with Crippen LogP contribution in [0.2, 0.25) is 5.15 Å². The van der Waals surface area contributed by atoms with E-state index in [1.165, 1.54) is 0 Å². The maximum Gasteiger partial charge on any atom is 0.130 e.